The van der Waals surface area contributed by atoms with Crippen LogP contribution in [0.5, 0.6) is 0 Å². The highest BCUT2D eigenvalue weighted by Gasteiger charge is 2.07. The van der Waals surface area contributed by atoms with Crippen molar-refractivity contribution in [1.29, 1.82) is 0 Å². The van der Waals surface area contributed by atoms with Gasteiger partial charge in [0.1, 0.15) is 0 Å². The normalized spacial score (nSPS) is 11.1. The summed E-state index contributed by atoms with van der Waals surface area (Å²) in [5.74, 6) is 0. The smallest absolute Gasteiger partial charge is 0.0658 e. The van der Waals surface area contributed by atoms with Crippen molar-refractivity contribution >= 4 is 28.4 Å². The van der Waals surface area contributed by atoms with Gasteiger partial charge in [-0.2, -0.15) is 5.10 Å². The molecule has 0 atom stereocenters. The van der Waals surface area contributed by atoms with Gasteiger partial charge in [0.25, 0.3) is 0 Å². The van der Waals surface area contributed by atoms with E-state index in [-0.39, 0.29) is 0 Å². The molecule has 4 rings (SSSR count). The van der Waals surface area contributed by atoms with Gasteiger partial charge in [0, 0.05) is 54.2 Å². The predicted octanol–water partition coefficient (Wildman–Crippen LogP) is 5.10. The van der Waals surface area contributed by atoms with Crippen molar-refractivity contribution in [3.8, 4) is 22.3 Å². The Bertz CT molecular complexity index is 1080. The lowest BCUT2D eigenvalue weighted by Crippen LogP contribution is -2.03. The van der Waals surface area contributed by atoms with Gasteiger partial charge in [0.2, 0.25) is 0 Å². The molecule has 4 aromatic rings. The van der Waals surface area contributed by atoms with Crippen LogP contribution in [0.1, 0.15) is 0 Å². The summed E-state index contributed by atoms with van der Waals surface area (Å²) in [6, 6.07) is 14.9. The summed E-state index contributed by atoms with van der Waals surface area (Å²) in [7, 11) is 1.70. The molecule has 28 heavy (non-hydrogen) atoms. The van der Waals surface area contributed by atoms with E-state index in [1.165, 1.54) is 5.39 Å². The molecule has 0 amide bonds. The Morgan fingerprint density at radius 3 is 2.61 bits per heavy atom. The number of fused-ring (bicyclic) bond motifs is 1. The van der Waals surface area contributed by atoms with Gasteiger partial charge in [-0.3, -0.25) is 9.67 Å². The number of benzene rings is 2. The lowest BCUT2D eigenvalue weighted by atomic mass is 9.98. The topological polar surface area (TPSA) is 52.0 Å². The molecule has 0 fully saturated rings. The summed E-state index contributed by atoms with van der Waals surface area (Å²) in [6.07, 6.45) is 9.81. The van der Waals surface area contributed by atoms with Crippen LogP contribution in [-0.2, 0) is 11.3 Å². The maximum Gasteiger partial charge on any atom is 0.0658 e. The van der Waals surface area contributed by atoms with Gasteiger partial charge in [-0.25, -0.2) is 0 Å². The van der Waals surface area contributed by atoms with E-state index in [1.807, 2.05) is 35.7 Å². The minimum absolute atomic E-state index is 0.654. The first-order valence-corrected chi connectivity index (χ1v) is 10.3. The van der Waals surface area contributed by atoms with Crippen molar-refractivity contribution < 1.29 is 4.74 Å². The van der Waals surface area contributed by atoms with Gasteiger partial charge in [-0.1, -0.05) is 42.3 Å². The summed E-state index contributed by atoms with van der Waals surface area (Å²) < 4.78 is 10.3. The number of hydrogen-bond donors (Lipinski definition) is 1. The standard InChI is InChI=1S/C22H22N4OS/c1-27-10-9-26-15-19(13-24-26)16-3-5-17(6-4-16)22-14-23-12-18-7-8-20(25-28-2)11-21(18)22/h3-8,11-15,25H,9-10H2,1-2H3. The highest BCUT2D eigenvalue weighted by atomic mass is 32.2. The molecular formula is C22H22N4OS. The molecule has 2 aromatic carbocycles. The molecule has 0 saturated carbocycles. The van der Waals surface area contributed by atoms with Gasteiger partial charge in [-0.05, 0) is 28.6 Å². The maximum absolute atomic E-state index is 5.11. The zero-order chi connectivity index (χ0) is 19.3. The number of ether oxygens (including phenoxy) is 1. The largest absolute Gasteiger partial charge is 0.383 e. The minimum atomic E-state index is 0.654. The highest BCUT2D eigenvalue weighted by molar-refractivity contribution is 7.99. The molecule has 1 N–H and O–H groups in total. The number of pyridine rings is 1. The van der Waals surface area contributed by atoms with Crippen LogP contribution in [0.4, 0.5) is 5.69 Å². The second kappa shape index (κ2) is 8.46. The Labute approximate surface area is 168 Å². The first-order chi connectivity index (χ1) is 13.8. The number of hydrogen-bond acceptors (Lipinski definition) is 5. The molecule has 0 radical (unpaired) electrons. The van der Waals surface area contributed by atoms with Crippen LogP contribution in [0.25, 0.3) is 33.0 Å². The zero-order valence-corrected chi connectivity index (χ0v) is 16.7. The Morgan fingerprint density at radius 2 is 1.82 bits per heavy atom. The second-order valence-electron chi connectivity index (χ2n) is 6.49. The summed E-state index contributed by atoms with van der Waals surface area (Å²) in [5, 5.41) is 6.72. The lowest BCUT2D eigenvalue weighted by Gasteiger charge is -2.09. The van der Waals surface area contributed by atoms with Gasteiger partial charge < -0.3 is 9.46 Å². The Kier molecular flexibility index (Phi) is 5.60. The average Bonchev–Trinajstić information content (AvgIpc) is 3.21. The lowest BCUT2D eigenvalue weighted by molar-refractivity contribution is 0.183. The molecule has 5 nitrogen and oxygen atoms in total. The third-order valence-corrected chi connectivity index (χ3v) is 5.11. The van der Waals surface area contributed by atoms with Crippen molar-refractivity contribution in [3.63, 3.8) is 0 Å². The fourth-order valence-electron chi connectivity index (χ4n) is 3.24. The first-order valence-electron chi connectivity index (χ1n) is 9.07. The molecule has 0 saturated heterocycles. The van der Waals surface area contributed by atoms with E-state index in [2.05, 4.69) is 57.3 Å². The number of anilines is 1. The van der Waals surface area contributed by atoms with Crippen molar-refractivity contribution in [1.82, 2.24) is 14.8 Å². The van der Waals surface area contributed by atoms with Crippen LogP contribution in [0.2, 0.25) is 0 Å². The van der Waals surface area contributed by atoms with Crippen LogP contribution < -0.4 is 4.72 Å². The number of aromatic nitrogens is 3. The van der Waals surface area contributed by atoms with Gasteiger partial charge in [0.15, 0.2) is 0 Å². The van der Waals surface area contributed by atoms with Crippen LogP contribution in [0.3, 0.4) is 0 Å². The number of rotatable bonds is 7. The fraction of sp³-hybridized carbons (Fsp3) is 0.182. The van der Waals surface area contributed by atoms with Gasteiger partial charge in [-0.15, -0.1) is 0 Å². The maximum atomic E-state index is 5.11. The average molecular weight is 391 g/mol. The van der Waals surface area contributed by atoms with E-state index >= 15 is 0 Å². The molecule has 0 aliphatic heterocycles. The molecule has 0 unspecified atom stereocenters. The Balaban J connectivity index is 1.65. The molecule has 6 heteroatoms. The van der Waals surface area contributed by atoms with Crippen LogP contribution in [0.15, 0.2) is 67.3 Å². The van der Waals surface area contributed by atoms with E-state index in [1.54, 1.807) is 19.1 Å². The van der Waals surface area contributed by atoms with Gasteiger partial charge >= 0.3 is 0 Å². The Hall–Kier alpha value is -2.83. The highest BCUT2D eigenvalue weighted by Crippen LogP contribution is 2.31. The summed E-state index contributed by atoms with van der Waals surface area (Å²) in [5.41, 5.74) is 5.61. The van der Waals surface area contributed by atoms with E-state index in [0.29, 0.717) is 6.61 Å². The third-order valence-electron chi connectivity index (χ3n) is 4.67. The first kappa shape index (κ1) is 18.5. The van der Waals surface area contributed by atoms with Crippen LogP contribution in [-0.4, -0.2) is 34.7 Å². The summed E-state index contributed by atoms with van der Waals surface area (Å²) in [4.78, 5) is 4.43. The molecule has 142 valence electrons. The third kappa shape index (κ3) is 3.88. The van der Waals surface area contributed by atoms with E-state index in [9.17, 15) is 0 Å². The summed E-state index contributed by atoms with van der Waals surface area (Å²) >= 11 is 1.59. The summed E-state index contributed by atoms with van der Waals surface area (Å²) in [6.45, 7) is 1.41. The SMILES string of the molecule is COCCn1cc(-c2ccc(-c3cncc4ccc(NSC)cc34)cc2)cn1. The number of methoxy groups -OCH3 is 1. The van der Waals surface area contributed by atoms with Crippen molar-refractivity contribution in [2.45, 2.75) is 6.54 Å². The molecule has 2 aromatic heterocycles. The van der Waals surface area contributed by atoms with Crippen molar-refractivity contribution in [2.75, 3.05) is 24.7 Å². The molecule has 2 heterocycles. The van der Waals surface area contributed by atoms with Crippen molar-refractivity contribution in [3.05, 3.63) is 67.3 Å². The number of nitrogens with one attached hydrogen (secondary N) is 1. The van der Waals surface area contributed by atoms with E-state index in [4.69, 9.17) is 4.74 Å². The van der Waals surface area contributed by atoms with Gasteiger partial charge in [0.05, 0.1) is 19.3 Å². The second-order valence-corrected chi connectivity index (χ2v) is 7.10. The molecular weight excluding hydrogens is 368 g/mol. The molecule has 0 aliphatic carbocycles. The zero-order valence-electron chi connectivity index (χ0n) is 15.9. The number of nitrogens with zero attached hydrogens (tertiary/aromatic N) is 3. The molecule has 0 spiro atoms. The van der Waals surface area contributed by atoms with E-state index in [0.717, 1.165) is 39.9 Å². The molecule has 0 aliphatic rings. The Morgan fingerprint density at radius 1 is 1.00 bits per heavy atom. The quantitative estimate of drug-likeness (QED) is 0.445. The predicted molar refractivity (Wildman–Crippen MR) is 117 cm³/mol. The minimum Gasteiger partial charge on any atom is -0.383 e. The van der Waals surface area contributed by atoms with Crippen molar-refractivity contribution in [2.24, 2.45) is 0 Å². The van der Waals surface area contributed by atoms with Crippen LogP contribution >= 0.6 is 11.9 Å². The monoisotopic (exact) mass is 390 g/mol. The molecule has 0 bridgehead atoms. The fourth-order valence-corrected chi connectivity index (χ4v) is 3.60. The van der Waals surface area contributed by atoms with Crippen LogP contribution in [0, 0.1) is 0 Å². The van der Waals surface area contributed by atoms with E-state index < -0.39 is 0 Å².